The van der Waals surface area contributed by atoms with Gasteiger partial charge in [0.2, 0.25) is 0 Å². The van der Waals surface area contributed by atoms with Crippen LogP contribution in [-0.4, -0.2) is 31.1 Å². The second-order valence-electron chi connectivity index (χ2n) is 3.56. The topological polar surface area (TPSA) is 116 Å². The summed E-state index contributed by atoms with van der Waals surface area (Å²) in [6, 6.07) is 5.62. The molecule has 0 aliphatic carbocycles. The van der Waals surface area contributed by atoms with E-state index in [-0.39, 0.29) is 12.3 Å². The van der Waals surface area contributed by atoms with Crippen LogP contribution in [0.2, 0.25) is 0 Å². The van der Waals surface area contributed by atoms with Gasteiger partial charge in [0.25, 0.3) is 5.69 Å². The molecule has 19 heavy (non-hydrogen) atoms. The number of nitrogens with zero attached hydrogens (tertiary/aromatic N) is 1. The first-order chi connectivity index (χ1) is 8.88. The summed E-state index contributed by atoms with van der Waals surface area (Å²) in [6.07, 6.45) is 0.916. The molecule has 1 rings (SSSR count). The lowest BCUT2D eigenvalue weighted by atomic mass is 10.3. The molecule has 0 aliphatic rings. The third-order valence-electron chi connectivity index (χ3n) is 2.09. The van der Waals surface area contributed by atoms with Crippen LogP contribution in [0.15, 0.2) is 24.3 Å². The molecule has 0 aliphatic heterocycles. The minimum absolute atomic E-state index is 0.0195. The molecule has 0 fully saturated rings. The predicted molar refractivity (Wildman–Crippen MR) is 65.3 cm³/mol. The minimum Gasteiger partial charge on any atom is -0.494 e. The van der Waals surface area contributed by atoms with Crippen LogP contribution in [0.1, 0.15) is 12.8 Å². The first-order valence-corrected chi connectivity index (χ1v) is 6.74. The monoisotopic (exact) mass is 291 g/mol. The number of ether oxygens (including phenoxy) is 1. The van der Waals surface area contributed by atoms with Crippen LogP contribution in [-0.2, 0) is 14.6 Å². The highest BCUT2D eigenvalue weighted by molar-refractivity contribution is 7.80. The quantitative estimate of drug-likeness (QED) is 0.334. The van der Waals surface area contributed by atoms with E-state index in [0.29, 0.717) is 25.2 Å². The summed E-state index contributed by atoms with van der Waals surface area (Å²) in [6.45, 7) is 0.190. The molecule has 1 aromatic rings. The average molecular weight is 291 g/mol. The van der Waals surface area contributed by atoms with Crippen molar-refractivity contribution in [2.45, 2.75) is 12.8 Å². The van der Waals surface area contributed by atoms with Gasteiger partial charge in [-0.25, -0.2) is 4.18 Å². The summed E-state index contributed by atoms with van der Waals surface area (Å²) >= 11 is 0. The fourth-order valence-corrected chi connectivity index (χ4v) is 1.55. The van der Waals surface area contributed by atoms with Crippen molar-refractivity contribution in [1.29, 1.82) is 0 Å². The first kappa shape index (κ1) is 15.3. The van der Waals surface area contributed by atoms with Crippen molar-refractivity contribution in [3.8, 4) is 5.75 Å². The second-order valence-corrected chi connectivity index (χ2v) is 4.65. The molecule has 1 aromatic carbocycles. The largest absolute Gasteiger partial charge is 0.494 e. The predicted octanol–water partition coefficient (Wildman–Crippen LogP) is 1.57. The summed E-state index contributed by atoms with van der Waals surface area (Å²) in [5, 5.41) is 10.4. The van der Waals surface area contributed by atoms with Gasteiger partial charge >= 0.3 is 10.4 Å². The SMILES string of the molecule is O=[N+]([O-])c1ccc(OCCCCOS(=O)(=O)O)cc1. The second kappa shape index (κ2) is 7.02. The van der Waals surface area contributed by atoms with Crippen LogP contribution in [0, 0.1) is 10.1 Å². The third kappa shape index (κ3) is 6.70. The maximum atomic E-state index is 10.4. The van der Waals surface area contributed by atoms with E-state index in [1.807, 2.05) is 0 Å². The van der Waals surface area contributed by atoms with Gasteiger partial charge in [0.1, 0.15) is 5.75 Å². The summed E-state index contributed by atoms with van der Waals surface area (Å²) in [7, 11) is -4.38. The van der Waals surface area contributed by atoms with Crippen LogP contribution < -0.4 is 4.74 Å². The molecule has 0 aromatic heterocycles. The molecule has 1 N–H and O–H groups in total. The first-order valence-electron chi connectivity index (χ1n) is 5.37. The normalized spacial score (nSPS) is 11.2. The van der Waals surface area contributed by atoms with Gasteiger partial charge in [0, 0.05) is 12.1 Å². The zero-order valence-electron chi connectivity index (χ0n) is 9.89. The zero-order valence-corrected chi connectivity index (χ0v) is 10.7. The molecule has 0 saturated carbocycles. The standard InChI is InChI=1S/C10H13NO7S/c12-11(13)9-3-5-10(6-4-9)17-7-1-2-8-18-19(14,15)16/h3-6H,1-2,7-8H2,(H,14,15,16). The Kier molecular flexibility index (Phi) is 5.67. The molecule has 0 amide bonds. The van der Waals surface area contributed by atoms with E-state index >= 15 is 0 Å². The Morgan fingerprint density at radius 2 is 1.74 bits per heavy atom. The van der Waals surface area contributed by atoms with Gasteiger partial charge in [-0.1, -0.05) is 0 Å². The van der Waals surface area contributed by atoms with E-state index in [4.69, 9.17) is 9.29 Å². The maximum absolute atomic E-state index is 10.4. The molecule has 0 heterocycles. The van der Waals surface area contributed by atoms with Gasteiger partial charge in [0.15, 0.2) is 0 Å². The van der Waals surface area contributed by atoms with Gasteiger partial charge in [-0.15, -0.1) is 0 Å². The molecule has 106 valence electrons. The highest BCUT2D eigenvalue weighted by atomic mass is 32.3. The molecule has 0 radical (unpaired) electrons. The van der Waals surface area contributed by atoms with Gasteiger partial charge in [-0.05, 0) is 25.0 Å². The lowest BCUT2D eigenvalue weighted by Crippen LogP contribution is -2.06. The number of unbranched alkanes of at least 4 members (excludes halogenated alkanes) is 1. The summed E-state index contributed by atoms with van der Waals surface area (Å²) < 4.78 is 38.1. The van der Waals surface area contributed by atoms with Crippen LogP contribution >= 0.6 is 0 Å². The highest BCUT2D eigenvalue weighted by Crippen LogP contribution is 2.17. The lowest BCUT2D eigenvalue weighted by Gasteiger charge is -2.05. The van der Waals surface area contributed by atoms with Crippen LogP contribution in [0.3, 0.4) is 0 Å². The number of hydrogen-bond acceptors (Lipinski definition) is 6. The molecule has 0 bridgehead atoms. The number of nitro groups is 1. The van der Waals surface area contributed by atoms with Crippen molar-refractivity contribution in [2.75, 3.05) is 13.2 Å². The maximum Gasteiger partial charge on any atom is 0.397 e. The summed E-state index contributed by atoms with van der Waals surface area (Å²) in [5.41, 5.74) is -0.0195. The molecule has 0 spiro atoms. The van der Waals surface area contributed by atoms with E-state index in [9.17, 15) is 18.5 Å². The van der Waals surface area contributed by atoms with E-state index in [1.54, 1.807) is 0 Å². The zero-order chi connectivity index (χ0) is 14.3. The van der Waals surface area contributed by atoms with Gasteiger partial charge in [0.05, 0.1) is 18.1 Å². The molecule has 9 heteroatoms. The lowest BCUT2D eigenvalue weighted by molar-refractivity contribution is -0.384. The smallest absolute Gasteiger partial charge is 0.397 e. The fraction of sp³-hybridized carbons (Fsp3) is 0.400. The Labute approximate surface area is 110 Å². The Morgan fingerprint density at radius 3 is 2.26 bits per heavy atom. The molecule has 8 nitrogen and oxygen atoms in total. The van der Waals surface area contributed by atoms with E-state index in [2.05, 4.69) is 4.18 Å². The fourth-order valence-electron chi connectivity index (χ4n) is 1.22. The van der Waals surface area contributed by atoms with Crippen molar-refractivity contribution in [3.63, 3.8) is 0 Å². The van der Waals surface area contributed by atoms with E-state index in [1.165, 1.54) is 24.3 Å². The number of benzene rings is 1. The number of nitro benzene ring substituents is 1. The van der Waals surface area contributed by atoms with E-state index < -0.39 is 15.3 Å². The van der Waals surface area contributed by atoms with Gasteiger partial charge in [-0.2, -0.15) is 8.42 Å². The molecule has 0 unspecified atom stereocenters. The number of rotatable bonds is 8. The van der Waals surface area contributed by atoms with Crippen molar-refractivity contribution >= 4 is 16.1 Å². The molecular weight excluding hydrogens is 278 g/mol. The number of non-ortho nitro benzene ring substituents is 1. The molecule has 0 saturated heterocycles. The van der Waals surface area contributed by atoms with Gasteiger partial charge in [-0.3, -0.25) is 14.7 Å². The molecule has 0 atom stereocenters. The van der Waals surface area contributed by atoms with E-state index in [0.717, 1.165) is 0 Å². The van der Waals surface area contributed by atoms with Crippen molar-refractivity contribution in [3.05, 3.63) is 34.4 Å². The van der Waals surface area contributed by atoms with Crippen molar-refractivity contribution < 1.29 is 26.8 Å². The Bertz CT molecular complexity index is 511. The van der Waals surface area contributed by atoms with Crippen molar-refractivity contribution in [2.24, 2.45) is 0 Å². The minimum atomic E-state index is -4.38. The highest BCUT2D eigenvalue weighted by Gasteiger charge is 2.05. The Morgan fingerprint density at radius 1 is 1.16 bits per heavy atom. The van der Waals surface area contributed by atoms with Crippen LogP contribution in [0.25, 0.3) is 0 Å². The number of hydrogen-bond donors (Lipinski definition) is 1. The molecular formula is C10H13NO7S. The summed E-state index contributed by atoms with van der Waals surface area (Å²) in [5.74, 6) is 0.487. The van der Waals surface area contributed by atoms with Crippen LogP contribution in [0.5, 0.6) is 5.75 Å². The summed E-state index contributed by atoms with van der Waals surface area (Å²) in [4.78, 5) is 9.90. The van der Waals surface area contributed by atoms with Crippen molar-refractivity contribution in [1.82, 2.24) is 0 Å². The van der Waals surface area contributed by atoms with Gasteiger partial charge < -0.3 is 4.74 Å². The Hall–Kier alpha value is -1.71. The Balaban J connectivity index is 2.21. The third-order valence-corrected chi connectivity index (χ3v) is 2.55. The van der Waals surface area contributed by atoms with Crippen LogP contribution in [0.4, 0.5) is 5.69 Å². The average Bonchev–Trinajstić information content (AvgIpc) is 2.33.